The van der Waals surface area contributed by atoms with Crippen LogP contribution in [-0.2, 0) is 6.61 Å². The van der Waals surface area contributed by atoms with E-state index in [0.29, 0.717) is 18.3 Å². The number of aromatic nitrogens is 4. The summed E-state index contributed by atoms with van der Waals surface area (Å²) in [6.45, 7) is 0.305. The lowest BCUT2D eigenvalue weighted by Gasteiger charge is -2.01. The zero-order valence-electron chi connectivity index (χ0n) is 7.37. The highest BCUT2D eigenvalue weighted by atomic mass is 16.5. The van der Waals surface area contributed by atoms with Crippen LogP contribution >= 0.6 is 0 Å². The van der Waals surface area contributed by atoms with Crippen molar-refractivity contribution in [2.75, 3.05) is 0 Å². The maximum Gasteiger partial charge on any atom is 0.232 e. The molecule has 2 aromatic rings. The van der Waals surface area contributed by atoms with Crippen LogP contribution in [-0.4, -0.2) is 19.9 Å². The molecule has 5 heteroatoms. The smallest absolute Gasteiger partial charge is 0.232 e. The van der Waals surface area contributed by atoms with Gasteiger partial charge in [0, 0.05) is 24.8 Å². The van der Waals surface area contributed by atoms with Crippen LogP contribution in [0.2, 0.25) is 0 Å². The van der Waals surface area contributed by atoms with E-state index in [4.69, 9.17) is 4.74 Å². The Balaban J connectivity index is 1.96. The summed E-state index contributed by atoms with van der Waals surface area (Å²) in [4.78, 5) is 15.8. The molecule has 0 N–H and O–H groups in total. The zero-order valence-corrected chi connectivity index (χ0v) is 7.37. The third-order valence-corrected chi connectivity index (χ3v) is 1.51. The second kappa shape index (κ2) is 4.27. The van der Waals surface area contributed by atoms with Crippen LogP contribution in [0, 0.1) is 0 Å². The van der Waals surface area contributed by atoms with Crippen molar-refractivity contribution >= 4 is 0 Å². The Kier molecular flexibility index (Phi) is 2.61. The second-order valence-electron chi connectivity index (χ2n) is 2.50. The average molecular weight is 188 g/mol. The highest BCUT2D eigenvalue weighted by Gasteiger charge is 1.97. The van der Waals surface area contributed by atoms with Gasteiger partial charge in [0.15, 0.2) is 5.82 Å². The van der Waals surface area contributed by atoms with E-state index in [-0.39, 0.29) is 0 Å². The molecule has 2 heterocycles. The van der Waals surface area contributed by atoms with E-state index in [1.165, 1.54) is 0 Å². The molecule has 0 spiro atoms. The van der Waals surface area contributed by atoms with Crippen LogP contribution in [0.5, 0.6) is 5.88 Å². The first-order valence-corrected chi connectivity index (χ1v) is 4.10. The number of nitrogens with zero attached hydrogens (tertiary/aromatic N) is 4. The molecule has 0 amide bonds. The fourth-order valence-corrected chi connectivity index (χ4v) is 0.903. The molecular formula is C9H8N4O. The van der Waals surface area contributed by atoms with E-state index in [1.807, 2.05) is 0 Å². The van der Waals surface area contributed by atoms with E-state index >= 15 is 0 Å². The first-order chi connectivity index (χ1) is 6.95. The molecule has 2 rings (SSSR count). The number of hydrogen-bond donors (Lipinski definition) is 0. The summed E-state index contributed by atoms with van der Waals surface area (Å²) in [5.41, 5.74) is 0. The molecule has 0 bridgehead atoms. The topological polar surface area (TPSA) is 60.8 Å². The first-order valence-electron chi connectivity index (χ1n) is 4.10. The van der Waals surface area contributed by atoms with E-state index in [1.54, 1.807) is 37.1 Å². The average Bonchev–Trinajstić information content (AvgIpc) is 2.29. The van der Waals surface area contributed by atoms with Gasteiger partial charge in [0.25, 0.3) is 0 Å². The van der Waals surface area contributed by atoms with Gasteiger partial charge in [-0.2, -0.15) is 0 Å². The highest BCUT2D eigenvalue weighted by Crippen LogP contribution is 2.02. The van der Waals surface area contributed by atoms with Crippen LogP contribution < -0.4 is 4.74 Å². The predicted molar refractivity (Wildman–Crippen MR) is 48.4 cm³/mol. The van der Waals surface area contributed by atoms with Crippen LogP contribution in [0.15, 0.2) is 37.1 Å². The van der Waals surface area contributed by atoms with Gasteiger partial charge in [0.1, 0.15) is 6.61 Å². The summed E-state index contributed by atoms with van der Waals surface area (Å²) in [6.07, 6.45) is 8.04. The minimum atomic E-state index is 0.305. The van der Waals surface area contributed by atoms with Crippen LogP contribution in [0.25, 0.3) is 0 Å². The molecule has 5 nitrogen and oxygen atoms in total. The van der Waals surface area contributed by atoms with Crippen molar-refractivity contribution in [3.8, 4) is 5.88 Å². The van der Waals surface area contributed by atoms with Crippen LogP contribution in [0.4, 0.5) is 0 Å². The van der Waals surface area contributed by atoms with E-state index < -0.39 is 0 Å². The molecule has 0 aromatic carbocycles. The van der Waals surface area contributed by atoms with Crippen molar-refractivity contribution in [3.05, 3.63) is 42.9 Å². The van der Waals surface area contributed by atoms with Crippen molar-refractivity contribution < 1.29 is 4.74 Å². The Morgan fingerprint density at radius 2 is 1.86 bits per heavy atom. The lowest BCUT2D eigenvalue weighted by atomic mass is 10.6. The van der Waals surface area contributed by atoms with Crippen molar-refractivity contribution in [3.63, 3.8) is 0 Å². The van der Waals surface area contributed by atoms with Crippen molar-refractivity contribution in [2.24, 2.45) is 0 Å². The van der Waals surface area contributed by atoms with Crippen molar-refractivity contribution in [2.45, 2.75) is 6.61 Å². The largest absolute Gasteiger partial charge is 0.468 e. The minimum Gasteiger partial charge on any atom is -0.468 e. The van der Waals surface area contributed by atoms with Gasteiger partial charge in [-0.25, -0.2) is 15.0 Å². The Bertz CT molecular complexity index is 339. The molecule has 0 atom stereocenters. The summed E-state index contributed by atoms with van der Waals surface area (Å²) >= 11 is 0. The maximum absolute atomic E-state index is 5.29. The van der Waals surface area contributed by atoms with Gasteiger partial charge in [0.05, 0.1) is 6.20 Å². The normalized spacial score (nSPS) is 9.71. The van der Waals surface area contributed by atoms with Gasteiger partial charge in [-0.15, -0.1) is 0 Å². The molecule has 2 aromatic heterocycles. The second-order valence-corrected chi connectivity index (χ2v) is 2.50. The van der Waals surface area contributed by atoms with Gasteiger partial charge in [-0.05, 0) is 6.07 Å². The molecule has 0 saturated heterocycles. The predicted octanol–water partition coefficient (Wildman–Crippen LogP) is 0.846. The van der Waals surface area contributed by atoms with Crippen LogP contribution in [0.3, 0.4) is 0 Å². The number of hydrogen-bond acceptors (Lipinski definition) is 5. The highest BCUT2D eigenvalue weighted by molar-refractivity contribution is 5.01. The first kappa shape index (κ1) is 8.55. The molecule has 70 valence electrons. The Labute approximate surface area is 80.8 Å². The monoisotopic (exact) mass is 188 g/mol. The van der Waals surface area contributed by atoms with Gasteiger partial charge in [0.2, 0.25) is 5.88 Å². The van der Waals surface area contributed by atoms with Gasteiger partial charge in [-0.1, -0.05) is 0 Å². The molecule has 0 aliphatic rings. The van der Waals surface area contributed by atoms with Crippen LogP contribution in [0.1, 0.15) is 5.82 Å². The summed E-state index contributed by atoms with van der Waals surface area (Å²) in [6, 6.07) is 1.76. The maximum atomic E-state index is 5.29. The zero-order chi connectivity index (χ0) is 9.64. The molecule has 14 heavy (non-hydrogen) atoms. The Hall–Kier alpha value is -2.04. The summed E-state index contributed by atoms with van der Waals surface area (Å²) in [7, 11) is 0. The standard InChI is InChI=1S/C9H8N4O/c1-2-11-8(12-3-1)7-14-9-6-10-4-5-13-9/h1-6H,7H2. The summed E-state index contributed by atoms with van der Waals surface area (Å²) < 4.78 is 5.29. The SMILES string of the molecule is c1cnc(COc2cnccn2)nc1. The quantitative estimate of drug-likeness (QED) is 0.714. The third-order valence-electron chi connectivity index (χ3n) is 1.51. The minimum absolute atomic E-state index is 0.305. The molecule has 0 aliphatic heterocycles. The van der Waals surface area contributed by atoms with E-state index in [0.717, 1.165) is 0 Å². The molecular weight excluding hydrogens is 180 g/mol. The van der Waals surface area contributed by atoms with E-state index in [2.05, 4.69) is 19.9 Å². The Morgan fingerprint density at radius 1 is 1.00 bits per heavy atom. The molecule has 0 saturated carbocycles. The summed E-state index contributed by atoms with van der Waals surface area (Å²) in [5, 5.41) is 0. The van der Waals surface area contributed by atoms with E-state index in [9.17, 15) is 0 Å². The van der Waals surface area contributed by atoms with Gasteiger partial charge >= 0.3 is 0 Å². The molecule has 0 unspecified atom stereocenters. The fourth-order valence-electron chi connectivity index (χ4n) is 0.903. The fraction of sp³-hybridized carbons (Fsp3) is 0.111. The number of ether oxygens (including phenoxy) is 1. The lowest BCUT2D eigenvalue weighted by Crippen LogP contribution is -2.01. The molecule has 0 aliphatic carbocycles. The van der Waals surface area contributed by atoms with Crippen molar-refractivity contribution in [1.82, 2.24) is 19.9 Å². The third kappa shape index (κ3) is 2.22. The molecule has 0 radical (unpaired) electrons. The molecule has 0 fully saturated rings. The Morgan fingerprint density at radius 3 is 2.57 bits per heavy atom. The van der Waals surface area contributed by atoms with Gasteiger partial charge < -0.3 is 4.74 Å². The number of rotatable bonds is 3. The van der Waals surface area contributed by atoms with Gasteiger partial charge in [-0.3, -0.25) is 4.98 Å². The van der Waals surface area contributed by atoms with Crippen molar-refractivity contribution in [1.29, 1.82) is 0 Å². The summed E-state index contributed by atoms with van der Waals surface area (Å²) in [5.74, 6) is 1.10. The lowest BCUT2D eigenvalue weighted by molar-refractivity contribution is 0.282.